The van der Waals surface area contributed by atoms with E-state index in [-0.39, 0.29) is 53.5 Å². The lowest BCUT2D eigenvalue weighted by molar-refractivity contribution is -0.131. The molecule has 1 fully saturated rings. The number of hydrogen-bond donors (Lipinski definition) is 2. The predicted molar refractivity (Wildman–Crippen MR) is 181 cm³/mol. The molecule has 1 aliphatic rings. The Morgan fingerprint density at radius 1 is 1.10 bits per heavy atom. The van der Waals surface area contributed by atoms with E-state index in [1.165, 1.54) is 22.6 Å². The summed E-state index contributed by atoms with van der Waals surface area (Å²) in [5, 5.41) is 10.5. The quantitative estimate of drug-likeness (QED) is 0.244. The molecular weight excluding hydrogens is 618 g/mol. The number of nitrogens with zero attached hydrogens (tertiary/aromatic N) is 6. The Balaban J connectivity index is 1.74. The van der Waals surface area contributed by atoms with Crippen LogP contribution in [0.5, 0.6) is 0 Å². The third-order valence-corrected chi connectivity index (χ3v) is 8.96. The third kappa shape index (κ3) is 5.19. The van der Waals surface area contributed by atoms with E-state index < -0.39 is 35.1 Å². The Kier molecular flexibility index (Phi) is 8.31. The minimum absolute atomic E-state index is 0.0108. The molecule has 0 spiro atoms. The zero-order valence-corrected chi connectivity index (χ0v) is 27.6. The van der Waals surface area contributed by atoms with Crippen LogP contribution < -0.4 is 15.8 Å². The summed E-state index contributed by atoms with van der Waals surface area (Å²) in [6.07, 6.45) is 3.26. The molecule has 0 unspecified atom stereocenters. The topological polar surface area (TPSA) is 129 Å². The summed E-state index contributed by atoms with van der Waals surface area (Å²) in [5.74, 6) is -3.38. The van der Waals surface area contributed by atoms with Crippen LogP contribution in [0.25, 0.3) is 38.9 Å². The number of anilines is 1. The fraction of sp³-hybridized carbons (Fsp3) is 0.314. The van der Waals surface area contributed by atoms with Crippen LogP contribution in [-0.4, -0.2) is 74.2 Å². The SMILES string of the molecule is C=C(F)C(=O)N1CCN(c2c(C(=O)NC)c(=O)n(-c3c(C)ccnc3C(C)C)c3nc(-c4c(C)ccc5[nH]ncc45)c(F)cc23)C[C@H]1C. The Bertz CT molecular complexity index is 2210. The average molecular weight is 655 g/mol. The van der Waals surface area contributed by atoms with E-state index in [1.807, 2.05) is 39.8 Å². The van der Waals surface area contributed by atoms with Crippen LogP contribution in [-0.2, 0) is 4.79 Å². The van der Waals surface area contributed by atoms with Crippen LogP contribution in [0, 0.1) is 19.7 Å². The van der Waals surface area contributed by atoms with Gasteiger partial charge >= 0.3 is 0 Å². The van der Waals surface area contributed by atoms with Gasteiger partial charge in [0.05, 0.1) is 28.8 Å². The van der Waals surface area contributed by atoms with Gasteiger partial charge in [0, 0.05) is 55.3 Å². The number of piperazine rings is 1. The van der Waals surface area contributed by atoms with Crippen LogP contribution in [0.4, 0.5) is 14.5 Å². The van der Waals surface area contributed by atoms with Crippen LogP contribution in [0.2, 0.25) is 0 Å². The molecule has 5 aromatic rings. The van der Waals surface area contributed by atoms with Gasteiger partial charge in [0.15, 0.2) is 11.5 Å². The molecule has 5 heterocycles. The van der Waals surface area contributed by atoms with E-state index in [0.717, 1.165) is 5.56 Å². The smallest absolute Gasteiger partial charge is 0.282 e. The second-order valence-electron chi connectivity index (χ2n) is 12.4. The molecule has 2 amide bonds. The second kappa shape index (κ2) is 12.3. The first-order chi connectivity index (χ1) is 22.8. The molecule has 48 heavy (non-hydrogen) atoms. The standard InChI is InChI=1S/C35H36F2N8O3/c1-17(2)28-30(19(4)10-11-39-28)45-32-22(14-24(37)29(41-32)26-18(3)8-9-25-23(26)15-40-42-25)31(27(35(45)48)33(46)38-7)43-12-13-44(20(5)16-43)34(47)21(6)36/h8-11,14-15,17,20H,6,12-13,16H2,1-5,7H3,(H,38,46)(H,40,42)/t20-/m1/s1. The molecule has 6 rings (SSSR count). The summed E-state index contributed by atoms with van der Waals surface area (Å²) in [6, 6.07) is 6.23. The number of halogens is 2. The molecule has 1 atom stereocenters. The van der Waals surface area contributed by atoms with Crippen molar-refractivity contribution in [2.45, 2.75) is 46.6 Å². The maximum atomic E-state index is 16.6. The Labute approximate surface area is 275 Å². The highest BCUT2D eigenvalue weighted by Gasteiger charge is 2.35. The van der Waals surface area contributed by atoms with Crippen molar-refractivity contribution in [2.24, 2.45) is 0 Å². The van der Waals surface area contributed by atoms with E-state index in [2.05, 4.69) is 27.1 Å². The maximum Gasteiger partial charge on any atom is 0.282 e. The zero-order chi connectivity index (χ0) is 34.6. The molecule has 1 aliphatic heterocycles. The van der Waals surface area contributed by atoms with E-state index in [4.69, 9.17) is 4.98 Å². The summed E-state index contributed by atoms with van der Waals surface area (Å²) in [7, 11) is 1.41. The first kappa shape index (κ1) is 32.5. The van der Waals surface area contributed by atoms with Crippen LogP contribution in [0.3, 0.4) is 0 Å². The predicted octanol–water partition coefficient (Wildman–Crippen LogP) is 5.08. The van der Waals surface area contributed by atoms with Crippen molar-refractivity contribution in [3.8, 4) is 16.9 Å². The molecule has 0 aliphatic carbocycles. The van der Waals surface area contributed by atoms with Crippen LogP contribution in [0.1, 0.15) is 53.9 Å². The molecule has 13 heteroatoms. The van der Waals surface area contributed by atoms with Gasteiger partial charge in [-0.25, -0.2) is 13.8 Å². The Hall–Kier alpha value is -5.46. The number of amides is 2. The number of rotatable bonds is 6. The summed E-state index contributed by atoms with van der Waals surface area (Å²) in [4.78, 5) is 53.7. The van der Waals surface area contributed by atoms with E-state index in [1.54, 1.807) is 30.3 Å². The Morgan fingerprint density at radius 3 is 2.52 bits per heavy atom. The molecule has 248 valence electrons. The van der Waals surface area contributed by atoms with Crippen molar-refractivity contribution >= 4 is 39.4 Å². The number of nitrogens with one attached hydrogen (secondary N) is 2. The van der Waals surface area contributed by atoms with Crippen molar-refractivity contribution in [3.63, 3.8) is 0 Å². The lowest BCUT2D eigenvalue weighted by Crippen LogP contribution is -2.55. The van der Waals surface area contributed by atoms with Crippen molar-refractivity contribution in [1.29, 1.82) is 0 Å². The van der Waals surface area contributed by atoms with E-state index in [9.17, 15) is 18.8 Å². The first-order valence-corrected chi connectivity index (χ1v) is 15.7. The fourth-order valence-electron chi connectivity index (χ4n) is 6.65. The van der Waals surface area contributed by atoms with Gasteiger partial charge in [0.1, 0.15) is 17.1 Å². The lowest BCUT2D eigenvalue weighted by Gasteiger charge is -2.41. The number of carbonyl (C=O) groups excluding carboxylic acids is 2. The monoisotopic (exact) mass is 654 g/mol. The number of aromatic amines is 1. The molecule has 2 N–H and O–H groups in total. The van der Waals surface area contributed by atoms with Crippen molar-refractivity contribution in [2.75, 3.05) is 31.6 Å². The summed E-state index contributed by atoms with van der Waals surface area (Å²) >= 11 is 0. The van der Waals surface area contributed by atoms with Gasteiger partial charge in [0.25, 0.3) is 17.4 Å². The first-order valence-electron chi connectivity index (χ1n) is 15.7. The molecule has 4 aromatic heterocycles. The average Bonchev–Trinajstić information content (AvgIpc) is 3.53. The lowest BCUT2D eigenvalue weighted by atomic mass is 9.98. The molecule has 0 saturated carbocycles. The highest BCUT2D eigenvalue weighted by atomic mass is 19.1. The van der Waals surface area contributed by atoms with Gasteiger partial charge in [0.2, 0.25) is 0 Å². The fourth-order valence-corrected chi connectivity index (χ4v) is 6.65. The largest absolute Gasteiger partial charge is 0.366 e. The summed E-state index contributed by atoms with van der Waals surface area (Å²) in [6.45, 7) is 12.8. The number of hydrogen-bond acceptors (Lipinski definition) is 7. The normalized spacial score (nSPS) is 15.1. The highest BCUT2D eigenvalue weighted by Crippen LogP contribution is 2.38. The van der Waals surface area contributed by atoms with Crippen molar-refractivity contribution in [3.05, 3.63) is 87.6 Å². The Morgan fingerprint density at radius 2 is 1.85 bits per heavy atom. The van der Waals surface area contributed by atoms with Gasteiger partial charge in [-0.2, -0.15) is 5.10 Å². The molecule has 11 nitrogen and oxygen atoms in total. The number of aromatic nitrogens is 5. The molecule has 0 radical (unpaired) electrons. The second-order valence-corrected chi connectivity index (χ2v) is 12.4. The molecule has 1 aromatic carbocycles. The third-order valence-electron chi connectivity index (χ3n) is 8.96. The summed E-state index contributed by atoms with van der Waals surface area (Å²) in [5.41, 5.74) is 3.13. The summed E-state index contributed by atoms with van der Waals surface area (Å²) < 4.78 is 31.8. The van der Waals surface area contributed by atoms with Gasteiger partial charge in [-0.15, -0.1) is 0 Å². The molecule has 1 saturated heterocycles. The molecular formula is C35H36F2N8O3. The zero-order valence-electron chi connectivity index (χ0n) is 27.6. The van der Waals surface area contributed by atoms with E-state index in [0.29, 0.717) is 33.4 Å². The van der Waals surface area contributed by atoms with Gasteiger partial charge < -0.3 is 15.1 Å². The van der Waals surface area contributed by atoms with Crippen LogP contribution >= 0.6 is 0 Å². The van der Waals surface area contributed by atoms with Crippen molar-refractivity contribution < 1.29 is 18.4 Å². The molecule has 0 bridgehead atoms. The number of H-pyrrole nitrogens is 1. The van der Waals surface area contributed by atoms with Crippen molar-refractivity contribution in [1.82, 2.24) is 34.9 Å². The van der Waals surface area contributed by atoms with Crippen LogP contribution in [0.15, 0.2) is 53.9 Å². The number of fused-ring (bicyclic) bond motifs is 2. The number of benzene rings is 1. The van der Waals surface area contributed by atoms with Gasteiger partial charge in [-0.3, -0.25) is 29.0 Å². The maximum absolute atomic E-state index is 16.6. The number of aryl methyl sites for hydroxylation is 2. The highest BCUT2D eigenvalue weighted by molar-refractivity contribution is 6.08. The van der Waals surface area contributed by atoms with Gasteiger partial charge in [-0.1, -0.05) is 26.5 Å². The van der Waals surface area contributed by atoms with E-state index >= 15 is 4.39 Å². The minimum atomic E-state index is -1.08. The van der Waals surface area contributed by atoms with Gasteiger partial charge in [-0.05, 0) is 56.0 Å². The minimum Gasteiger partial charge on any atom is -0.366 e. The number of carbonyl (C=O) groups is 2. The number of pyridine rings is 3.